The van der Waals surface area contributed by atoms with Crippen LogP contribution in [0.25, 0.3) is 0 Å². The Bertz CT molecular complexity index is 1020. The van der Waals surface area contributed by atoms with Crippen molar-refractivity contribution in [2.24, 2.45) is 0 Å². The number of hydrogen-bond donors (Lipinski definition) is 1. The standard InChI is InChI=1S/C21H21NO4S2/c1-12-7-5-6-8-16(12)26-10-15-9-17(27-11-15)19(23)22-20-18(21(24)25-4)13(2)14(3)28-20/h5-9,11H,10H2,1-4H3,(H,22,23). The van der Waals surface area contributed by atoms with Crippen LogP contribution in [0.3, 0.4) is 0 Å². The largest absolute Gasteiger partial charge is 0.489 e. The Kier molecular flexibility index (Phi) is 6.16. The van der Waals surface area contributed by atoms with Gasteiger partial charge in [-0.25, -0.2) is 4.79 Å². The van der Waals surface area contributed by atoms with Gasteiger partial charge in [-0.1, -0.05) is 18.2 Å². The number of thiophene rings is 2. The van der Waals surface area contributed by atoms with Gasteiger partial charge >= 0.3 is 5.97 Å². The lowest BCUT2D eigenvalue weighted by atomic mass is 10.1. The summed E-state index contributed by atoms with van der Waals surface area (Å²) in [7, 11) is 1.33. The molecule has 3 rings (SSSR count). The molecule has 1 aromatic carbocycles. The summed E-state index contributed by atoms with van der Waals surface area (Å²) in [5.74, 6) is 0.126. The van der Waals surface area contributed by atoms with Crippen molar-refractivity contribution >= 4 is 39.6 Å². The Morgan fingerprint density at radius 2 is 1.89 bits per heavy atom. The molecule has 3 aromatic rings. The molecule has 0 spiro atoms. The zero-order valence-electron chi connectivity index (χ0n) is 16.1. The van der Waals surface area contributed by atoms with Crippen molar-refractivity contribution in [1.82, 2.24) is 0 Å². The lowest BCUT2D eigenvalue weighted by Crippen LogP contribution is -2.13. The molecule has 0 bridgehead atoms. The molecule has 0 saturated heterocycles. The SMILES string of the molecule is COC(=O)c1c(NC(=O)c2cc(COc3ccccc3C)cs2)sc(C)c1C. The molecule has 2 aromatic heterocycles. The summed E-state index contributed by atoms with van der Waals surface area (Å²) >= 11 is 2.71. The van der Waals surface area contributed by atoms with Crippen LogP contribution in [0.15, 0.2) is 35.7 Å². The highest BCUT2D eigenvalue weighted by molar-refractivity contribution is 7.17. The number of methoxy groups -OCH3 is 1. The second kappa shape index (κ2) is 8.58. The number of aryl methyl sites for hydroxylation is 2. The predicted octanol–water partition coefficient (Wildman–Crippen LogP) is 5.35. The molecule has 1 N–H and O–H groups in total. The first-order valence-electron chi connectivity index (χ1n) is 8.66. The van der Waals surface area contributed by atoms with Gasteiger partial charge in [0.1, 0.15) is 17.4 Å². The van der Waals surface area contributed by atoms with Crippen LogP contribution in [-0.4, -0.2) is 19.0 Å². The smallest absolute Gasteiger partial charge is 0.341 e. The summed E-state index contributed by atoms with van der Waals surface area (Å²) < 4.78 is 10.7. The molecule has 0 aliphatic rings. The predicted molar refractivity (Wildman–Crippen MR) is 113 cm³/mol. The van der Waals surface area contributed by atoms with Crippen LogP contribution in [0, 0.1) is 20.8 Å². The summed E-state index contributed by atoms with van der Waals surface area (Å²) in [6.07, 6.45) is 0. The fourth-order valence-corrected chi connectivity index (χ4v) is 4.51. The summed E-state index contributed by atoms with van der Waals surface area (Å²) in [6.45, 7) is 6.14. The van der Waals surface area contributed by atoms with E-state index in [1.54, 1.807) is 0 Å². The maximum atomic E-state index is 12.7. The van der Waals surface area contributed by atoms with Crippen molar-refractivity contribution in [3.63, 3.8) is 0 Å². The molecule has 0 saturated carbocycles. The average molecular weight is 416 g/mol. The number of esters is 1. The van der Waals surface area contributed by atoms with Crippen LogP contribution >= 0.6 is 22.7 Å². The van der Waals surface area contributed by atoms with Crippen LogP contribution in [0.4, 0.5) is 5.00 Å². The highest BCUT2D eigenvalue weighted by Gasteiger charge is 2.22. The third kappa shape index (κ3) is 4.26. The van der Waals surface area contributed by atoms with E-state index in [9.17, 15) is 9.59 Å². The summed E-state index contributed by atoms with van der Waals surface area (Å²) in [4.78, 5) is 26.2. The first-order chi connectivity index (χ1) is 13.4. The van der Waals surface area contributed by atoms with Gasteiger partial charge in [-0.3, -0.25) is 4.79 Å². The quantitative estimate of drug-likeness (QED) is 0.551. The molecule has 0 radical (unpaired) electrons. The van der Waals surface area contributed by atoms with E-state index in [0.717, 1.165) is 27.3 Å². The number of nitrogens with one attached hydrogen (secondary N) is 1. The van der Waals surface area contributed by atoms with Gasteiger partial charge in [-0.05, 0) is 49.4 Å². The summed E-state index contributed by atoms with van der Waals surface area (Å²) in [5, 5.41) is 5.26. The minimum Gasteiger partial charge on any atom is -0.489 e. The van der Waals surface area contributed by atoms with Crippen LogP contribution < -0.4 is 10.1 Å². The molecular formula is C21H21NO4S2. The zero-order chi connectivity index (χ0) is 20.3. The highest BCUT2D eigenvalue weighted by Crippen LogP contribution is 2.33. The number of carbonyl (C=O) groups is 2. The number of rotatable bonds is 6. The molecule has 7 heteroatoms. The Hall–Kier alpha value is -2.64. The van der Waals surface area contributed by atoms with Gasteiger partial charge in [0.25, 0.3) is 5.91 Å². The van der Waals surface area contributed by atoms with E-state index in [0.29, 0.717) is 22.0 Å². The molecule has 0 atom stereocenters. The van der Waals surface area contributed by atoms with Crippen LogP contribution in [-0.2, 0) is 11.3 Å². The molecule has 0 aliphatic carbocycles. The Morgan fingerprint density at radius 1 is 1.14 bits per heavy atom. The van der Waals surface area contributed by atoms with Crippen molar-refractivity contribution in [2.75, 3.05) is 12.4 Å². The first-order valence-corrected chi connectivity index (χ1v) is 10.4. The van der Waals surface area contributed by atoms with Crippen LogP contribution in [0.1, 0.15) is 41.6 Å². The molecule has 5 nitrogen and oxygen atoms in total. The number of hydrogen-bond acceptors (Lipinski definition) is 6. The number of carbonyl (C=O) groups excluding carboxylic acids is 2. The molecule has 28 heavy (non-hydrogen) atoms. The van der Waals surface area contributed by atoms with Crippen LogP contribution in [0.2, 0.25) is 0 Å². The minimum atomic E-state index is -0.448. The number of ether oxygens (including phenoxy) is 2. The maximum Gasteiger partial charge on any atom is 0.341 e. The third-order valence-electron chi connectivity index (χ3n) is 4.37. The normalized spacial score (nSPS) is 10.6. The van der Waals surface area contributed by atoms with E-state index >= 15 is 0 Å². The van der Waals surface area contributed by atoms with Gasteiger partial charge in [-0.2, -0.15) is 0 Å². The molecular weight excluding hydrogens is 394 g/mol. The summed E-state index contributed by atoms with van der Waals surface area (Å²) in [6, 6.07) is 9.62. The second-order valence-electron chi connectivity index (χ2n) is 6.31. The average Bonchev–Trinajstić information content (AvgIpc) is 3.26. The van der Waals surface area contributed by atoms with Crippen molar-refractivity contribution < 1.29 is 19.1 Å². The van der Waals surface area contributed by atoms with Crippen molar-refractivity contribution in [3.8, 4) is 5.75 Å². The molecule has 0 fully saturated rings. The fourth-order valence-electron chi connectivity index (χ4n) is 2.68. The van der Waals surface area contributed by atoms with Gasteiger partial charge in [-0.15, -0.1) is 22.7 Å². The first kappa shape index (κ1) is 20.1. The van der Waals surface area contributed by atoms with Gasteiger partial charge in [0.05, 0.1) is 17.6 Å². The molecule has 146 valence electrons. The molecule has 0 aliphatic heterocycles. The van der Waals surface area contributed by atoms with Gasteiger partial charge in [0, 0.05) is 10.4 Å². The van der Waals surface area contributed by atoms with E-state index in [4.69, 9.17) is 9.47 Å². The maximum absolute atomic E-state index is 12.7. The number of para-hydroxylation sites is 1. The zero-order valence-corrected chi connectivity index (χ0v) is 17.8. The van der Waals surface area contributed by atoms with Gasteiger partial charge < -0.3 is 14.8 Å². The summed E-state index contributed by atoms with van der Waals surface area (Å²) in [5.41, 5.74) is 3.23. The Balaban J connectivity index is 1.71. The lowest BCUT2D eigenvalue weighted by Gasteiger charge is -2.07. The third-order valence-corrected chi connectivity index (χ3v) is 6.47. The van der Waals surface area contributed by atoms with Crippen molar-refractivity contribution in [2.45, 2.75) is 27.4 Å². The topological polar surface area (TPSA) is 64.6 Å². The van der Waals surface area contributed by atoms with E-state index in [2.05, 4.69) is 5.32 Å². The van der Waals surface area contributed by atoms with Crippen molar-refractivity contribution in [1.29, 1.82) is 0 Å². The number of amides is 1. The Labute approximate surface area is 171 Å². The van der Waals surface area contributed by atoms with E-state index < -0.39 is 5.97 Å². The number of anilines is 1. The lowest BCUT2D eigenvalue weighted by molar-refractivity contribution is 0.0601. The Morgan fingerprint density at radius 3 is 2.61 bits per heavy atom. The monoisotopic (exact) mass is 415 g/mol. The number of benzene rings is 1. The second-order valence-corrected chi connectivity index (χ2v) is 8.44. The van der Waals surface area contributed by atoms with E-state index in [1.807, 2.05) is 56.5 Å². The minimum absolute atomic E-state index is 0.251. The highest BCUT2D eigenvalue weighted by atomic mass is 32.1. The fraction of sp³-hybridized carbons (Fsp3) is 0.238. The molecule has 0 unspecified atom stereocenters. The van der Waals surface area contributed by atoms with E-state index in [1.165, 1.54) is 29.8 Å². The van der Waals surface area contributed by atoms with Crippen molar-refractivity contribution in [3.05, 3.63) is 67.7 Å². The van der Waals surface area contributed by atoms with Crippen LogP contribution in [0.5, 0.6) is 5.75 Å². The van der Waals surface area contributed by atoms with E-state index in [-0.39, 0.29) is 5.91 Å². The molecule has 2 heterocycles. The molecule has 1 amide bonds. The van der Waals surface area contributed by atoms with Gasteiger partial charge in [0.2, 0.25) is 0 Å². The van der Waals surface area contributed by atoms with Gasteiger partial charge in [0.15, 0.2) is 0 Å².